The van der Waals surface area contributed by atoms with Crippen molar-refractivity contribution in [3.8, 4) is 0 Å². The molecule has 1 unspecified atom stereocenters. The lowest BCUT2D eigenvalue weighted by atomic mass is 9.70. The van der Waals surface area contributed by atoms with Crippen LogP contribution in [-0.4, -0.2) is 23.2 Å². The van der Waals surface area contributed by atoms with Crippen LogP contribution < -0.4 is 0 Å². The molecule has 1 aliphatic carbocycles. The molecule has 3 atom stereocenters. The number of nitrogens with zero attached hydrogens (tertiary/aromatic N) is 2. The molecule has 2 aromatic carbocycles. The molecule has 2 aliphatic heterocycles. The van der Waals surface area contributed by atoms with Crippen molar-refractivity contribution in [3.63, 3.8) is 0 Å². The second-order valence-electron chi connectivity index (χ2n) is 7.66. The molecular formula is C23H20N2S. The Bertz CT molecular complexity index is 1060. The van der Waals surface area contributed by atoms with E-state index in [1.165, 1.54) is 28.8 Å². The third-order valence-corrected chi connectivity index (χ3v) is 7.74. The Hall–Kier alpha value is -2.23. The van der Waals surface area contributed by atoms with Crippen LogP contribution in [0, 0.1) is 0 Å². The summed E-state index contributed by atoms with van der Waals surface area (Å²) in [6.07, 6.45) is 7.08. The Labute approximate surface area is 157 Å². The van der Waals surface area contributed by atoms with Gasteiger partial charge in [0.15, 0.2) is 0 Å². The highest BCUT2D eigenvalue weighted by Gasteiger charge is 2.53. The summed E-state index contributed by atoms with van der Waals surface area (Å²) >= 11 is 2.02. The molecule has 1 aromatic heterocycles. The van der Waals surface area contributed by atoms with E-state index in [1.807, 2.05) is 17.4 Å². The summed E-state index contributed by atoms with van der Waals surface area (Å²) in [6, 6.07) is 19.8. The molecule has 3 aliphatic rings. The molecule has 0 spiro atoms. The van der Waals surface area contributed by atoms with Crippen LogP contribution in [0.4, 0.5) is 5.69 Å². The second kappa shape index (κ2) is 5.38. The number of fused-ring (bicyclic) bond motifs is 3. The van der Waals surface area contributed by atoms with Crippen molar-refractivity contribution in [3.05, 3.63) is 77.2 Å². The predicted molar refractivity (Wildman–Crippen MR) is 110 cm³/mol. The van der Waals surface area contributed by atoms with Crippen molar-refractivity contribution in [2.75, 3.05) is 6.54 Å². The Morgan fingerprint density at radius 2 is 1.88 bits per heavy atom. The van der Waals surface area contributed by atoms with E-state index in [0.717, 1.165) is 18.7 Å². The highest BCUT2D eigenvalue weighted by molar-refractivity contribution is 7.19. The minimum absolute atomic E-state index is 0.201. The topological polar surface area (TPSA) is 15.6 Å². The molecule has 128 valence electrons. The zero-order valence-electron chi connectivity index (χ0n) is 14.6. The van der Waals surface area contributed by atoms with Crippen LogP contribution in [0.1, 0.15) is 23.3 Å². The second-order valence-corrected chi connectivity index (χ2v) is 8.71. The summed E-state index contributed by atoms with van der Waals surface area (Å²) in [5.74, 6) is 0. The summed E-state index contributed by atoms with van der Waals surface area (Å²) in [5, 5.41) is 1.47. The first-order valence-corrected chi connectivity index (χ1v) is 10.2. The minimum Gasteiger partial charge on any atom is -0.294 e. The van der Waals surface area contributed by atoms with Crippen molar-refractivity contribution < 1.29 is 0 Å². The SMILES string of the molecule is C1=C[C@]23CCN(Cc4c2sc2ccccc42)[C@H]3CC1=Nc1ccccc1. The van der Waals surface area contributed by atoms with Gasteiger partial charge in [-0.1, -0.05) is 42.5 Å². The third kappa shape index (κ3) is 1.99. The third-order valence-electron chi connectivity index (χ3n) is 6.33. The molecule has 1 saturated heterocycles. The molecule has 1 fully saturated rings. The van der Waals surface area contributed by atoms with Gasteiger partial charge in [0, 0.05) is 46.3 Å². The first kappa shape index (κ1) is 14.9. The van der Waals surface area contributed by atoms with Gasteiger partial charge in [-0.05, 0) is 41.6 Å². The normalized spacial score (nSPS) is 30.5. The molecule has 2 nitrogen and oxygen atoms in total. The van der Waals surface area contributed by atoms with Gasteiger partial charge in [-0.3, -0.25) is 9.89 Å². The van der Waals surface area contributed by atoms with Crippen LogP contribution in [0.2, 0.25) is 0 Å². The average Bonchev–Trinajstić information content (AvgIpc) is 3.19. The standard InChI is InChI=1S/C23H20N2S/c1-2-6-16(7-3-1)24-17-10-11-23-12-13-25(21(23)14-17)15-19-18-8-4-5-9-20(18)26-22(19)23/h1-11,21H,12-15H2/t21-,23+/m0/s1. The fraction of sp³-hybridized carbons (Fsp3) is 0.261. The van der Waals surface area contributed by atoms with Crippen LogP contribution in [-0.2, 0) is 12.0 Å². The van der Waals surface area contributed by atoms with E-state index < -0.39 is 0 Å². The summed E-state index contributed by atoms with van der Waals surface area (Å²) in [7, 11) is 0. The van der Waals surface area contributed by atoms with E-state index in [1.54, 1.807) is 10.4 Å². The Balaban J connectivity index is 1.48. The van der Waals surface area contributed by atoms with Crippen LogP contribution >= 0.6 is 11.3 Å². The molecule has 3 heterocycles. The number of thiophene rings is 1. The van der Waals surface area contributed by atoms with Gasteiger partial charge in [-0.2, -0.15) is 0 Å². The van der Waals surface area contributed by atoms with Crippen molar-refractivity contribution >= 4 is 32.8 Å². The minimum atomic E-state index is 0.201. The summed E-state index contributed by atoms with van der Waals surface area (Å²) in [4.78, 5) is 9.23. The van der Waals surface area contributed by atoms with E-state index in [-0.39, 0.29) is 5.41 Å². The van der Waals surface area contributed by atoms with Gasteiger partial charge in [0.25, 0.3) is 0 Å². The van der Waals surface area contributed by atoms with Crippen molar-refractivity contribution in [1.82, 2.24) is 4.90 Å². The molecule has 3 heteroatoms. The Morgan fingerprint density at radius 3 is 2.81 bits per heavy atom. The molecule has 0 amide bonds. The summed E-state index contributed by atoms with van der Waals surface area (Å²) in [6.45, 7) is 2.29. The lowest BCUT2D eigenvalue weighted by molar-refractivity contribution is 0.204. The largest absolute Gasteiger partial charge is 0.294 e. The Morgan fingerprint density at radius 1 is 1.04 bits per heavy atom. The van der Waals surface area contributed by atoms with E-state index in [0.29, 0.717) is 6.04 Å². The number of hydrogen-bond acceptors (Lipinski definition) is 3. The first-order chi connectivity index (χ1) is 12.8. The zero-order valence-corrected chi connectivity index (χ0v) is 15.4. The number of hydrogen-bond donors (Lipinski definition) is 0. The van der Waals surface area contributed by atoms with Gasteiger partial charge >= 0.3 is 0 Å². The van der Waals surface area contributed by atoms with Crippen LogP contribution in [0.15, 0.2) is 71.7 Å². The maximum absolute atomic E-state index is 4.91. The van der Waals surface area contributed by atoms with Gasteiger partial charge in [-0.15, -0.1) is 11.3 Å². The molecule has 26 heavy (non-hydrogen) atoms. The number of allylic oxidation sites excluding steroid dienone is 1. The number of para-hydroxylation sites is 1. The zero-order chi connectivity index (χ0) is 17.1. The number of benzene rings is 2. The smallest absolute Gasteiger partial charge is 0.0632 e. The van der Waals surface area contributed by atoms with E-state index in [9.17, 15) is 0 Å². The molecule has 3 aromatic rings. The average molecular weight is 356 g/mol. The van der Waals surface area contributed by atoms with Crippen LogP contribution in [0.5, 0.6) is 0 Å². The van der Waals surface area contributed by atoms with Gasteiger partial charge in [0.05, 0.1) is 5.69 Å². The molecule has 0 N–H and O–H groups in total. The highest BCUT2D eigenvalue weighted by atomic mass is 32.1. The lowest BCUT2D eigenvalue weighted by Crippen LogP contribution is -2.47. The molecule has 0 saturated carbocycles. The van der Waals surface area contributed by atoms with Crippen LogP contribution in [0.25, 0.3) is 10.1 Å². The molecule has 0 radical (unpaired) electrons. The van der Waals surface area contributed by atoms with Gasteiger partial charge in [-0.25, -0.2) is 0 Å². The summed E-state index contributed by atoms with van der Waals surface area (Å²) < 4.78 is 1.44. The quantitative estimate of drug-likeness (QED) is 0.565. The monoisotopic (exact) mass is 356 g/mol. The van der Waals surface area contributed by atoms with Crippen molar-refractivity contribution in [2.45, 2.75) is 30.8 Å². The summed E-state index contributed by atoms with van der Waals surface area (Å²) in [5.41, 5.74) is 4.05. The Kier molecular flexibility index (Phi) is 3.08. The molecule has 6 rings (SSSR count). The van der Waals surface area contributed by atoms with E-state index >= 15 is 0 Å². The predicted octanol–water partition coefficient (Wildman–Crippen LogP) is 5.46. The fourth-order valence-electron chi connectivity index (χ4n) is 5.11. The van der Waals surface area contributed by atoms with Crippen molar-refractivity contribution in [1.29, 1.82) is 0 Å². The highest BCUT2D eigenvalue weighted by Crippen LogP contribution is 2.54. The maximum atomic E-state index is 4.91. The lowest BCUT2D eigenvalue weighted by Gasteiger charge is -2.43. The van der Waals surface area contributed by atoms with Crippen molar-refractivity contribution in [2.24, 2.45) is 4.99 Å². The van der Waals surface area contributed by atoms with E-state index in [4.69, 9.17) is 4.99 Å². The number of rotatable bonds is 1. The fourth-order valence-corrected chi connectivity index (χ4v) is 6.57. The van der Waals surface area contributed by atoms with Gasteiger partial charge < -0.3 is 0 Å². The van der Waals surface area contributed by atoms with Crippen LogP contribution in [0.3, 0.4) is 0 Å². The van der Waals surface area contributed by atoms with E-state index in [2.05, 4.69) is 65.6 Å². The van der Waals surface area contributed by atoms with Gasteiger partial charge in [0.1, 0.15) is 0 Å². The maximum Gasteiger partial charge on any atom is 0.0632 e. The first-order valence-electron chi connectivity index (χ1n) is 9.40. The molecular weight excluding hydrogens is 336 g/mol. The number of aliphatic imine (C=N–C) groups is 1. The molecule has 2 bridgehead atoms. The van der Waals surface area contributed by atoms with Gasteiger partial charge in [0.2, 0.25) is 0 Å².